The number of hydrogen-bond donors (Lipinski definition) is 0. The van der Waals surface area contributed by atoms with E-state index >= 15 is 0 Å². The highest BCUT2D eigenvalue weighted by Gasteiger charge is 2.29. The van der Waals surface area contributed by atoms with Crippen LogP contribution in [0.3, 0.4) is 0 Å². The van der Waals surface area contributed by atoms with Gasteiger partial charge < -0.3 is 4.57 Å². The monoisotopic (exact) mass is 282 g/mol. The molecule has 2 aromatic heterocycles. The number of halogens is 1. The van der Waals surface area contributed by atoms with Crippen molar-refractivity contribution in [2.75, 3.05) is 5.88 Å². The molecule has 0 unspecified atom stereocenters. The summed E-state index contributed by atoms with van der Waals surface area (Å²) in [4.78, 5) is 4.78. The maximum Gasteiger partial charge on any atom is 0.159 e. The van der Waals surface area contributed by atoms with E-state index in [-0.39, 0.29) is 5.54 Å². The smallest absolute Gasteiger partial charge is 0.159 e. The number of aryl methyl sites for hydroxylation is 3. The van der Waals surface area contributed by atoms with Crippen LogP contribution in [0.15, 0.2) is 0 Å². The predicted octanol–water partition coefficient (Wildman–Crippen LogP) is 3.39. The first-order valence-electron chi connectivity index (χ1n) is 6.95. The van der Waals surface area contributed by atoms with Crippen LogP contribution in [0.1, 0.15) is 45.1 Å². The van der Waals surface area contributed by atoms with Crippen LogP contribution in [0.4, 0.5) is 0 Å². The lowest BCUT2D eigenvalue weighted by Crippen LogP contribution is -2.31. The van der Waals surface area contributed by atoms with Gasteiger partial charge in [0.15, 0.2) is 5.65 Å². The van der Waals surface area contributed by atoms with Gasteiger partial charge in [-0.25, -0.2) is 4.98 Å². The molecule has 0 aliphatic carbocycles. The fourth-order valence-electron chi connectivity index (χ4n) is 2.70. The molecule has 0 amide bonds. The minimum atomic E-state index is 0.0658. The van der Waals surface area contributed by atoms with Gasteiger partial charge >= 0.3 is 0 Å². The lowest BCUT2D eigenvalue weighted by Gasteiger charge is -2.31. The molecule has 0 aliphatic heterocycles. The molecule has 2 rings (SSSR count). The summed E-state index contributed by atoms with van der Waals surface area (Å²) in [7, 11) is 1.99. The third-order valence-corrected chi connectivity index (χ3v) is 4.44. The Morgan fingerprint density at radius 1 is 1.26 bits per heavy atom. The van der Waals surface area contributed by atoms with Gasteiger partial charge in [-0.1, -0.05) is 13.8 Å². The van der Waals surface area contributed by atoms with E-state index in [1.165, 1.54) is 0 Å². The lowest BCUT2D eigenvalue weighted by molar-refractivity contribution is 0.290. The molecule has 2 aromatic rings. The number of fused-ring (bicyclic) bond motifs is 1. The zero-order valence-electron chi connectivity index (χ0n) is 12.5. The molecule has 0 saturated heterocycles. The van der Waals surface area contributed by atoms with Crippen LogP contribution in [-0.2, 0) is 19.0 Å². The molecule has 106 valence electrons. The third kappa shape index (κ3) is 2.16. The second-order valence-corrected chi connectivity index (χ2v) is 5.77. The van der Waals surface area contributed by atoms with Crippen LogP contribution in [0.25, 0.3) is 11.2 Å². The minimum absolute atomic E-state index is 0.0658. The minimum Gasteiger partial charge on any atom is -0.307 e. The Hall–Kier alpha value is -1.03. The molecule has 4 nitrogen and oxygen atoms in total. The molecule has 0 aromatic carbocycles. The number of imidazole rings is 1. The molecular formula is C14H23ClN4. The number of hydrogen-bond acceptors (Lipinski definition) is 2. The summed E-state index contributed by atoms with van der Waals surface area (Å²) in [5.41, 5.74) is 3.18. The highest BCUT2D eigenvalue weighted by Crippen LogP contribution is 2.32. The van der Waals surface area contributed by atoms with Crippen LogP contribution in [0, 0.1) is 6.92 Å². The summed E-state index contributed by atoms with van der Waals surface area (Å²) in [6, 6.07) is 0. The van der Waals surface area contributed by atoms with Gasteiger partial charge in [-0.3, -0.25) is 4.68 Å². The fourth-order valence-corrected chi connectivity index (χ4v) is 2.87. The number of rotatable bonds is 5. The van der Waals surface area contributed by atoms with Crippen LogP contribution in [0.2, 0.25) is 0 Å². The molecule has 0 spiro atoms. The van der Waals surface area contributed by atoms with E-state index in [1.54, 1.807) is 0 Å². The van der Waals surface area contributed by atoms with Gasteiger partial charge in [0.1, 0.15) is 11.3 Å². The Bertz CT molecular complexity index is 578. The highest BCUT2D eigenvalue weighted by molar-refractivity contribution is 6.17. The highest BCUT2D eigenvalue weighted by atomic mass is 35.5. The second-order valence-electron chi connectivity index (χ2n) is 5.39. The standard InChI is InChI=1S/C14H23ClN4/c1-6-14(4,7-2)19-11(8-9-15)16-12-10(3)17-18(5)13(12)19/h6-9H2,1-5H3. The molecule has 0 N–H and O–H groups in total. The van der Waals surface area contributed by atoms with Gasteiger partial charge in [-0.05, 0) is 26.7 Å². The van der Waals surface area contributed by atoms with Crippen LogP contribution in [0.5, 0.6) is 0 Å². The molecule has 0 bridgehead atoms. The first-order chi connectivity index (χ1) is 8.98. The Kier molecular flexibility index (Phi) is 3.90. The van der Waals surface area contributed by atoms with Gasteiger partial charge in [0.25, 0.3) is 0 Å². The molecule has 19 heavy (non-hydrogen) atoms. The number of alkyl halides is 1. The summed E-state index contributed by atoms with van der Waals surface area (Å²) < 4.78 is 4.30. The summed E-state index contributed by atoms with van der Waals surface area (Å²) in [6.45, 7) is 8.75. The maximum absolute atomic E-state index is 5.94. The summed E-state index contributed by atoms with van der Waals surface area (Å²) >= 11 is 5.94. The van der Waals surface area contributed by atoms with Crippen molar-refractivity contribution in [1.82, 2.24) is 19.3 Å². The van der Waals surface area contributed by atoms with E-state index in [9.17, 15) is 0 Å². The Morgan fingerprint density at radius 3 is 2.42 bits per heavy atom. The maximum atomic E-state index is 5.94. The van der Waals surface area contributed by atoms with Crippen molar-refractivity contribution >= 4 is 22.8 Å². The molecule has 0 aliphatic rings. The largest absolute Gasteiger partial charge is 0.307 e. The molecule has 5 heteroatoms. The normalized spacial score (nSPS) is 12.5. The Morgan fingerprint density at radius 2 is 1.89 bits per heavy atom. The van der Waals surface area contributed by atoms with Gasteiger partial charge in [0.2, 0.25) is 0 Å². The summed E-state index contributed by atoms with van der Waals surface area (Å²) in [5, 5.41) is 4.49. The number of aromatic nitrogens is 4. The predicted molar refractivity (Wildman–Crippen MR) is 79.9 cm³/mol. The molecule has 0 saturated carbocycles. The van der Waals surface area contributed by atoms with Crippen molar-refractivity contribution in [2.24, 2.45) is 7.05 Å². The van der Waals surface area contributed by atoms with Crippen molar-refractivity contribution in [3.63, 3.8) is 0 Å². The van der Waals surface area contributed by atoms with E-state index in [1.807, 2.05) is 18.7 Å². The average molecular weight is 283 g/mol. The summed E-state index contributed by atoms with van der Waals surface area (Å²) in [6.07, 6.45) is 2.92. The van der Waals surface area contributed by atoms with Gasteiger partial charge in [0.05, 0.1) is 5.69 Å². The molecule has 0 atom stereocenters. The SMILES string of the molecule is CCC(C)(CC)n1c(CCCl)nc2c(C)nn(C)c21. The first kappa shape index (κ1) is 14.4. The van der Waals surface area contributed by atoms with Crippen molar-refractivity contribution < 1.29 is 0 Å². The van der Waals surface area contributed by atoms with Gasteiger partial charge in [-0.15, -0.1) is 11.6 Å². The van der Waals surface area contributed by atoms with Crippen molar-refractivity contribution in [3.05, 3.63) is 11.5 Å². The molecular weight excluding hydrogens is 260 g/mol. The van der Waals surface area contributed by atoms with E-state index in [2.05, 4.69) is 30.4 Å². The molecule has 0 radical (unpaired) electrons. The van der Waals surface area contributed by atoms with Gasteiger partial charge in [-0.2, -0.15) is 5.10 Å². The van der Waals surface area contributed by atoms with Crippen molar-refractivity contribution in [1.29, 1.82) is 0 Å². The Labute approximate surface area is 119 Å². The van der Waals surface area contributed by atoms with Crippen molar-refractivity contribution in [3.8, 4) is 0 Å². The fraction of sp³-hybridized carbons (Fsp3) is 0.714. The van der Waals surface area contributed by atoms with Crippen LogP contribution >= 0.6 is 11.6 Å². The van der Waals surface area contributed by atoms with E-state index in [0.717, 1.165) is 41.9 Å². The van der Waals surface area contributed by atoms with Crippen molar-refractivity contribution in [2.45, 2.75) is 52.5 Å². The summed E-state index contributed by atoms with van der Waals surface area (Å²) in [5.74, 6) is 1.67. The first-order valence-corrected chi connectivity index (χ1v) is 7.49. The van der Waals surface area contributed by atoms with E-state index < -0.39 is 0 Å². The lowest BCUT2D eigenvalue weighted by atomic mass is 9.95. The third-order valence-electron chi connectivity index (χ3n) is 4.25. The van der Waals surface area contributed by atoms with E-state index in [0.29, 0.717) is 5.88 Å². The zero-order valence-corrected chi connectivity index (χ0v) is 13.3. The van der Waals surface area contributed by atoms with E-state index in [4.69, 9.17) is 16.6 Å². The van der Waals surface area contributed by atoms with Gasteiger partial charge in [0, 0.05) is 24.9 Å². The average Bonchev–Trinajstić information content (AvgIpc) is 2.89. The molecule has 2 heterocycles. The quantitative estimate of drug-likeness (QED) is 0.788. The number of nitrogens with zero attached hydrogens (tertiary/aromatic N) is 4. The Balaban J connectivity index is 2.77. The van der Waals surface area contributed by atoms with Crippen LogP contribution in [-0.4, -0.2) is 25.2 Å². The van der Waals surface area contributed by atoms with Crippen LogP contribution < -0.4 is 0 Å². The molecule has 0 fully saturated rings. The zero-order chi connectivity index (χ0) is 14.2. The second kappa shape index (κ2) is 5.16. The topological polar surface area (TPSA) is 35.6 Å².